The fourth-order valence-corrected chi connectivity index (χ4v) is 6.99. The van der Waals surface area contributed by atoms with Gasteiger partial charge in [0.2, 0.25) is 0 Å². The van der Waals surface area contributed by atoms with Gasteiger partial charge in [0, 0.05) is 79.4 Å². The van der Waals surface area contributed by atoms with Gasteiger partial charge in [0.1, 0.15) is 17.1 Å². The number of hydrogen-bond acceptors (Lipinski definition) is 9. The summed E-state index contributed by atoms with van der Waals surface area (Å²) < 4.78 is 27.4. The summed E-state index contributed by atoms with van der Waals surface area (Å²) in [5, 5.41) is 3.67. The number of benzene rings is 2. The summed E-state index contributed by atoms with van der Waals surface area (Å²) in [6, 6.07) is 20.7. The topological polar surface area (TPSA) is 106 Å². The molecule has 2 aromatic carbocycles. The lowest BCUT2D eigenvalue weighted by molar-refractivity contribution is 0.355. The molecule has 0 saturated carbocycles. The number of nitrogens with one attached hydrogen (secondary N) is 1. The average molecular weight is 750 g/mol. The van der Waals surface area contributed by atoms with E-state index in [1.807, 2.05) is 54.9 Å². The van der Waals surface area contributed by atoms with Crippen LogP contribution in [-0.4, -0.2) is 83.7 Å². The molecule has 0 bridgehead atoms. The van der Waals surface area contributed by atoms with Gasteiger partial charge >= 0.3 is 0 Å². The van der Waals surface area contributed by atoms with Crippen LogP contribution in [0.4, 0.5) is 10.1 Å². The number of piperazine rings is 1. The number of pyridine rings is 2. The normalized spacial score (nSPS) is 16.1. The Morgan fingerprint density at radius 3 is 2.15 bits per heavy atom. The van der Waals surface area contributed by atoms with Crippen LogP contribution in [0, 0.1) is 5.82 Å². The SMILES string of the molecule is COc1ccc(-c2cc(=O)n3cc(C4=CCN(C)CC4)ccc3n2)cc1OC.C[C@H]1CN(c2ccc3nc(-c4cc(F)cc(Cl)c4)cc(=O)n3c2)CCN1. The van der Waals surface area contributed by atoms with E-state index in [9.17, 15) is 14.0 Å². The second kappa shape index (κ2) is 15.8. The number of fused-ring (bicyclic) bond motifs is 2. The van der Waals surface area contributed by atoms with Crippen LogP contribution in [0.2, 0.25) is 5.02 Å². The molecule has 2 aliphatic rings. The minimum Gasteiger partial charge on any atom is -0.493 e. The number of methoxy groups -OCH3 is 2. The zero-order chi connectivity index (χ0) is 37.9. The van der Waals surface area contributed by atoms with Crippen molar-refractivity contribution < 1.29 is 13.9 Å². The van der Waals surface area contributed by atoms with Crippen LogP contribution in [0.15, 0.2) is 101 Å². The quantitative estimate of drug-likeness (QED) is 0.218. The summed E-state index contributed by atoms with van der Waals surface area (Å²) in [6.45, 7) is 6.77. The van der Waals surface area contributed by atoms with Gasteiger partial charge in [-0.15, -0.1) is 0 Å². The number of halogens is 2. The summed E-state index contributed by atoms with van der Waals surface area (Å²) in [6.07, 6.45) is 6.90. The van der Waals surface area contributed by atoms with Crippen molar-refractivity contribution in [1.82, 2.24) is 29.0 Å². The second-order valence-corrected chi connectivity index (χ2v) is 13.9. The molecular weight excluding hydrogens is 709 g/mol. The van der Waals surface area contributed by atoms with E-state index in [4.69, 9.17) is 21.1 Å². The van der Waals surface area contributed by atoms with Crippen molar-refractivity contribution in [3.05, 3.63) is 128 Å². The van der Waals surface area contributed by atoms with E-state index in [1.165, 1.54) is 28.2 Å². The molecule has 2 aliphatic heterocycles. The van der Waals surface area contributed by atoms with Gasteiger partial charge in [-0.1, -0.05) is 17.7 Å². The summed E-state index contributed by atoms with van der Waals surface area (Å²) in [5.41, 5.74) is 6.44. The average Bonchev–Trinajstić information content (AvgIpc) is 3.17. The lowest BCUT2D eigenvalue weighted by atomic mass is 10.0. The standard InChI is InChI=1S/C22H23N3O3.C19H18ClFN4O/c1-24-10-8-15(9-11-24)17-5-7-21-23-18(13-22(26)25(21)14-17)16-4-6-19(27-2)20(12-16)28-3;1-12-10-24(5-4-22-12)16-2-3-18-23-17(9-19(26)25(18)11-16)13-6-14(20)8-15(21)7-13/h4-8,12-14H,9-11H2,1-3H3;2-3,6-9,11-12,22H,4-5,10H2,1H3/t;12-/m.0/s1. The minimum absolute atomic E-state index is 0.106. The second-order valence-electron chi connectivity index (χ2n) is 13.5. The Hall–Kier alpha value is -5.56. The maximum Gasteiger partial charge on any atom is 0.258 e. The Bertz CT molecular complexity index is 2480. The van der Waals surface area contributed by atoms with E-state index >= 15 is 0 Å². The number of nitrogens with zero attached hydrogens (tertiary/aromatic N) is 6. The fourth-order valence-electron chi connectivity index (χ4n) is 6.76. The predicted octanol–water partition coefficient (Wildman–Crippen LogP) is 6.05. The number of likely N-dealkylation sites (N-methyl/N-ethyl adjacent to an activating group) is 1. The molecule has 1 saturated heterocycles. The monoisotopic (exact) mass is 749 g/mol. The molecule has 1 N–H and O–H groups in total. The molecule has 0 aliphatic carbocycles. The highest BCUT2D eigenvalue weighted by atomic mass is 35.5. The molecule has 54 heavy (non-hydrogen) atoms. The van der Waals surface area contributed by atoms with Gasteiger partial charge < -0.3 is 24.6 Å². The van der Waals surface area contributed by atoms with Crippen molar-refractivity contribution in [1.29, 1.82) is 0 Å². The number of hydrogen-bond donors (Lipinski definition) is 1. The number of aromatic nitrogens is 4. The molecule has 0 unspecified atom stereocenters. The smallest absolute Gasteiger partial charge is 0.258 e. The Balaban J connectivity index is 0.000000167. The molecule has 13 heteroatoms. The van der Waals surface area contributed by atoms with Crippen molar-refractivity contribution in [2.45, 2.75) is 19.4 Å². The Morgan fingerprint density at radius 2 is 1.48 bits per heavy atom. The Morgan fingerprint density at radius 1 is 0.796 bits per heavy atom. The first kappa shape index (κ1) is 36.8. The number of rotatable bonds is 6. The van der Waals surface area contributed by atoms with Crippen molar-refractivity contribution in [2.75, 3.05) is 58.9 Å². The number of anilines is 1. The van der Waals surface area contributed by atoms with Gasteiger partial charge in [-0.2, -0.15) is 0 Å². The highest BCUT2D eigenvalue weighted by Crippen LogP contribution is 2.32. The third-order valence-electron chi connectivity index (χ3n) is 9.66. The maximum atomic E-state index is 13.6. The molecule has 278 valence electrons. The first-order chi connectivity index (χ1) is 26.1. The van der Waals surface area contributed by atoms with Crippen LogP contribution in [0.3, 0.4) is 0 Å². The van der Waals surface area contributed by atoms with Crippen LogP contribution in [0.1, 0.15) is 18.9 Å². The van der Waals surface area contributed by atoms with Crippen molar-refractivity contribution >= 4 is 34.2 Å². The van der Waals surface area contributed by atoms with Crippen LogP contribution in [-0.2, 0) is 0 Å². The summed E-state index contributed by atoms with van der Waals surface area (Å²) in [7, 11) is 5.29. The van der Waals surface area contributed by atoms with Gasteiger partial charge in [0.05, 0.1) is 31.3 Å². The lowest BCUT2D eigenvalue weighted by Gasteiger charge is -2.33. The molecule has 6 aromatic rings. The first-order valence-corrected chi connectivity index (χ1v) is 18.1. The van der Waals surface area contributed by atoms with Crippen molar-refractivity contribution in [3.63, 3.8) is 0 Å². The third kappa shape index (κ3) is 8.01. The van der Waals surface area contributed by atoms with Crippen molar-refractivity contribution in [3.8, 4) is 34.0 Å². The van der Waals surface area contributed by atoms with Gasteiger partial charge in [-0.05, 0) is 92.2 Å². The molecule has 1 fully saturated rings. The molecule has 4 aromatic heterocycles. The van der Waals surface area contributed by atoms with Gasteiger partial charge in [-0.25, -0.2) is 14.4 Å². The van der Waals surface area contributed by atoms with Gasteiger partial charge in [0.25, 0.3) is 11.1 Å². The molecule has 1 atom stereocenters. The summed E-state index contributed by atoms with van der Waals surface area (Å²) >= 11 is 5.91. The zero-order valence-corrected chi connectivity index (χ0v) is 31.3. The molecule has 0 radical (unpaired) electrons. The maximum absolute atomic E-state index is 13.6. The van der Waals surface area contributed by atoms with E-state index in [2.05, 4.69) is 45.1 Å². The first-order valence-electron chi connectivity index (χ1n) is 17.7. The molecular formula is C41H41ClFN7O4. The van der Waals surface area contributed by atoms with Crippen LogP contribution < -0.4 is 30.8 Å². The number of ether oxygens (including phenoxy) is 2. The summed E-state index contributed by atoms with van der Waals surface area (Å²) in [5.74, 6) is 0.782. The predicted molar refractivity (Wildman–Crippen MR) is 212 cm³/mol. The summed E-state index contributed by atoms with van der Waals surface area (Å²) in [4.78, 5) is 39.1. The molecule has 0 amide bonds. The van der Waals surface area contributed by atoms with Crippen LogP contribution in [0.5, 0.6) is 11.5 Å². The van der Waals surface area contributed by atoms with Crippen molar-refractivity contribution in [2.24, 2.45) is 0 Å². The molecule has 8 rings (SSSR count). The largest absolute Gasteiger partial charge is 0.493 e. The highest BCUT2D eigenvalue weighted by molar-refractivity contribution is 6.30. The van der Waals surface area contributed by atoms with Gasteiger partial charge in [-0.3, -0.25) is 18.4 Å². The van der Waals surface area contributed by atoms with E-state index in [1.54, 1.807) is 30.8 Å². The molecule has 11 nitrogen and oxygen atoms in total. The third-order valence-corrected chi connectivity index (χ3v) is 9.88. The Kier molecular flexibility index (Phi) is 10.8. The van der Waals surface area contributed by atoms with Crippen LogP contribution >= 0.6 is 11.6 Å². The van der Waals surface area contributed by atoms with Crippen LogP contribution in [0.25, 0.3) is 39.4 Å². The molecule has 6 heterocycles. The fraction of sp³-hybridized carbons (Fsp3) is 0.268. The highest BCUT2D eigenvalue weighted by Gasteiger charge is 2.17. The van der Waals surface area contributed by atoms with E-state index in [0.717, 1.165) is 56.0 Å². The van der Waals surface area contributed by atoms with E-state index < -0.39 is 5.82 Å². The minimum atomic E-state index is -0.460. The zero-order valence-electron chi connectivity index (χ0n) is 30.6. The van der Waals surface area contributed by atoms with E-state index in [0.29, 0.717) is 45.8 Å². The Labute approximate surface area is 316 Å². The lowest BCUT2D eigenvalue weighted by Crippen LogP contribution is -2.49. The van der Waals surface area contributed by atoms with Gasteiger partial charge in [0.15, 0.2) is 11.5 Å². The molecule has 0 spiro atoms. The van der Waals surface area contributed by atoms with E-state index in [-0.39, 0.29) is 16.1 Å².